The Balaban J connectivity index is 1.53. The van der Waals surface area contributed by atoms with Crippen LogP contribution in [0.25, 0.3) is 0 Å². The molecule has 0 bridgehead atoms. The van der Waals surface area contributed by atoms with Gasteiger partial charge in [-0.2, -0.15) is 0 Å². The van der Waals surface area contributed by atoms with Gasteiger partial charge in [0.25, 0.3) is 0 Å². The third-order valence-corrected chi connectivity index (χ3v) is 10.5. The molecule has 0 spiro atoms. The van der Waals surface area contributed by atoms with Crippen molar-refractivity contribution in [1.82, 2.24) is 0 Å². The molecule has 3 fully saturated rings. The van der Waals surface area contributed by atoms with Gasteiger partial charge in [-0.1, -0.05) is 37.6 Å². The second kappa shape index (κ2) is 7.61. The van der Waals surface area contributed by atoms with Crippen molar-refractivity contribution in [3.05, 3.63) is 59.4 Å². The van der Waals surface area contributed by atoms with Crippen LogP contribution in [0.15, 0.2) is 53.9 Å². The highest BCUT2D eigenvalue weighted by atomic mass is 35.5. The lowest BCUT2D eigenvalue weighted by Gasteiger charge is -2.62. The monoisotopic (exact) mass is 484 g/mol. The van der Waals surface area contributed by atoms with Crippen molar-refractivity contribution >= 4 is 29.1 Å². The van der Waals surface area contributed by atoms with E-state index in [0.717, 1.165) is 12.0 Å². The molecule has 6 atom stereocenters. The van der Waals surface area contributed by atoms with Crippen LogP contribution in [0, 0.1) is 22.7 Å². The third kappa shape index (κ3) is 2.92. The smallest absolute Gasteiger partial charge is 0.339 e. The molecule has 5 rings (SSSR count). The van der Waals surface area contributed by atoms with E-state index in [-0.39, 0.29) is 17.6 Å². The predicted molar refractivity (Wildman–Crippen MR) is 127 cm³/mol. The average Bonchev–Trinajstić information content (AvgIpc) is 3.10. The predicted octanol–water partition coefficient (Wildman–Crippen LogP) is 6.14. The number of rotatable bonds is 3. The van der Waals surface area contributed by atoms with Gasteiger partial charge in [0.1, 0.15) is 0 Å². The van der Waals surface area contributed by atoms with E-state index in [4.69, 9.17) is 16.3 Å². The van der Waals surface area contributed by atoms with Crippen LogP contribution in [0.1, 0.15) is 69.7 Å². The number of ketones is 2. The molecule has 4 aliphatic carbocycles. The molecule has 6 heteroatoms. The van der Waals surface area contributed by atoms with Gasteiger partial charge in [0.15, 0.2) is 17.2 Å². The SMILES string of the molecule is CC(=O)[C@@]1(OC(=O)c2ccccc2)CC[C@H]2[C@@H]3CCC4=CC(=O)C(F)=C[C@]4(C)[C@@]3(Cl)CC[C@@]21C. The Morgan fingerprint density at radius 2 is 1.76 bits per heavy atom. The number of carbonyl (C=O) groups is 3. The first-order valence-electron chi connectivity index (χ1n) is 12.1. The van der Waals surface area contributed by atoms with Crippen molar-refractivity contribution in [3.63, 3.8) is 0 Å². The number of benzene rings is 1. The third-order valence-electron chi connectivity index (χ3n) is 9.69. The van der Waals surface area contributed by atoms with Crippen LogP contribution >= 0.6 is 11.6 Å². The molecule has 0 unspecified atom stereocenters. The molecule has 180 valence electrons. The summed E-state index contributed by atoms with van der Waals surface area (Å²) >= 11 is 7.45. The fraction of sp³-hybridized carbons (Fsp3) is 0.536. The first kappa shape index (κ1) is 23.5. The molecular formula is C28H30ClFO4. The summed E-state index contributed by atoms with van der Waals surface area (Å²) < 4.78 is 20.6. The number of hydrogen-bond donors (Lipinski definition) is 0. The van der Waals surface area contributed by atoms with Crippen molar-refractivity contribution < 1.29 is 23.5 Å². The number of halogens is 2. The number of allylic oxidation sites excluding steroid dienone is 4. The maximum absolute atomic E-state index is 14.5. The highest BCUT2D eigenvalue weighted by Crippen LogP contribution is 2.71. The van der Waals surface area contributed by atoms with E-state index in [1.807, 2.05) is 13.0 Å². The summed E-state index contributed by atoms with van der Waals surface area (Å²) in [5, 5.41) is 0. The van der Waals surface area contributed by atoms with E-state index >= 15 is 0 Å². The van der Waals surface area contributed by atoms with E-state index in [0.29, 0.717) is 37.7 Å². The first-order chi connectivity index (χ1) is 16.0. The second-order valence-corrected chi connectivity index (χ2v) is 11.6. The molecule has 0 heterocycles. The maximum atomic E-state index is 14.5. The largest absolute Gasteiger partial charge is 0.447 e. The highest BCUT2D eigenvalue weighted by molar-refractivity contribution is 6.25. The summed E-state index contributed by atoms with van der Waals surface area (Å²) in [6.45, 7) is 5.52. The number of ether oxygens (including phenoxy) is 1. The summed E-state index contributed by atoms with van der Waals surface area (Å²) in [6, 6.07) is 8.75. The van der Waals surface area contributed by atoms with E-state index in [1.54, 1.807) is 24.3 Å². The van der Waals surface area contributed by atoms with Gasteiger partial charge in [0.2, 0.25) is 5.78 Å². The van der Waals surface area contributed by atoms with Crippen molar-refractivity contribution in [1.29, 1.82) is 0 Å². The number of alkyl halides is 1. The fourth-order valence-electron chi connectivity index (χ4n) is 7.75. The van der Waals surface area contributed by atoms with Gasteiger partial charge in [0.05, 0.1) is 10.4 Å². The van der Waals surface area contributed by atoms with Crippen LogP contribution in [0.2, 0.25) is 0 Å². The molecule has 0 radical (unpaired) electrons. The summed E-state index contributed by atoms with van der Waals surface area (Å²) in [5.41, 5.74) is -1.25. The summed E-state index contributed by atoms with van der Waals surface area (Å²) in [5.74, 6) is -1.92. The lowest BCUT2D eigenvalue weighted by molar-refractivity contribution is -0.159. The van der Waals surface area contributed by atoms with Crippen molar-refractivity contribution in [2.24, 2.45) is 22.7 Å². The minimum atomic E-state index is -1.22. The second-order valence-electron chi connectivity index (χ2n) is 10.9. The Kier molecular flexibility index (Phi) is 5.26. The van der Waals surface area contributed by atoms with Gasteiger partial charge in [-0.3, -0.25) is 9.59 Å². The summed E-state index contributed by atoms with van der Waals surface area (Å²) in [4.78, 5) is 37.5. The molecule has 0 N–H and O–H groups in total. The van der Waals surface area contributed by atoms with Gasteiger partial charge >= 0.3 is 5.97 Å². The van der Waals surface area contributed by atoms with Crippen LogP contribution in [0.4, 0.5) is 4.39 Å². The van der Waals surface area contributed by atoms with Gasteiger partial charge in [-0.15, -0.1) is 11.6 Å². The van der Waals surface area contributed by atoms with Crippen molar-refractivity contribution in [2.45, 2.75) is 69.8 Å². The molecule has 34 heavy (non-hydrogen) atoms. The van der Waals surface area contributed by atoms with Crippen LogP contribution in [-0.4, -0.2) is 28.0 Å². The quantitative estimate of drug-likeness (QED) is 0.382. The lowest BCUT2D eigenvalue weighted by atomic mass is 9.46. The zero-order valence-corrected chi connectivity index (χ0v) is 20.6. The van der Waals surface area contributed by atoms with E-state index in [2.05, 4.69) is 6.92 Å². The van der Waals surface area contributed by atoms with E-state index < -0.39 is 38.9 Å². The Hall–Kier alpha value is -2.27. The number of esters is 1. The Labute approximate surface area is 204 Å². The fourth-order valence-corrected chi connectivity index (χ4v) is 8.28. The zero-order valence-electron chi connectivity index (χ0n) is 19.8. The van der Waals surface area contributed by atoms with E-state index in [1.165, 1.54) is 19.1 Å². The molecule has 1 aromatic carbocycles. The number of hydrogen-bond acceptors (Lipinski definition) is 4. The number of fused-ring (bicyclic) bond motifs is 5. The normalized spacial score (nSPS) is 40.9. The Morgan fingerprint density at radius 3 is 2.44 bits per heavy atom. The van der Waals surface area contributed by atoms with Gasteiger partial charge in [0, 0.05) is 10.8 Å². The maximum Gasteiger partial charge on any atom is 0.339 e. The Bertz CT molecular complexity index is 1140. The highest BCUT2D eigenvalue weighted by Gasteiger charge is 2.71. The Morgan fingerprint density at radius 1 is 1.06 bits per heavy atom. The first-order valence-corrected chi connectivity index (χ1v) is 12.5. The van der Waals surface area contributed by atoms with Gasteiger partial charge in [-0.25, -0.2) is 9.18 Å². The molecular weight excluding hydrogens is 455 g/mol. The minimum absolute atomic E-state index is 0.00368. The number of carbonyl (C=O) groups excluding carboxylic acids is 3. The molecule has 0 aliphatic heterocycles. The van der Waals surface area contributed by atoms with Gasteiger partial charge < -0.3 is 4.74 Å². The molecule has 1 aromatic rings. The van der Waals surface area contributed by atoms with Crippen LogP contribution in [0.5, 0.6) is 0 Å². The standard InChI is InChI=1S/C28H30ClFO4/c1-17(31)28(34-24(33)18-7-5-4-6-8-18)12-11-20-21-10-9-19-15-23(32)22(30)16-26(19,3)27(21,29)14-13-25(20,28)2/h4-8,15-16,20-21H,9-14H2,1-3H3/t20-,21-,25-,26-,27+,28-/m0/s1. The number of Topliss-reactive ketones (excluding diaryl/α,β-unsaturated/α-hetero) is 1. The lowest BCUT2D eigenvalue weighted by Crippen LogP contribution is -2.63. The molecule has 3 saturated carbocycles. The zero-order chi connectivity index (χ0) is 24.5. The topological polar surface area (TPSA) is 60.4 Å². The van der Waals surface area contributed by atoms with Crippen molar-refractivity contribution in [2.75, 3.05) is 0 Å². The van der Waals surface area contributed by atoms with Crippen molar-refractivity contribution in [3.8, 4) is 0 Å². The molecule has 4 aliphatic rings. The van der Waals surface area contributed by atoms with Gasteiger partial charge in [-0.05, 0) is 81.6 Å². The molecule has 0 amide bonds. The van der Waals surface area contributed by atoms with Crippen LogP contribution in [0.3, 0.4) is 0 Å². The van der Waals surface area contributed by atoms with Crippen LogP contribution < -0.4 is 0 Å². The summed E-state index contributed by atoms with van der Waals surface area (Å²) in [7, 11) is 0. The molecule has 4 nitrogen and oxygen atoms in total. The van der Waals surface area contributed by atoms with Crippen LogP contribution in [-0.2, 0) is 14.3 Å². The molecule has 0 saturated heterocycles. The minimum Gasteiger partial charge on any atom is -0.447 e. The molecule has 0 aromatic heterocycles. The summed E-state index contributed by atoms with van der Waals surface area (Å²) in [6.07, 6.45) is 6.55. The van der Waals surface area contributed by atoms with E-state index in [9.17, 15) is 18.8 Å². The average molecular weight is 485 g/mol.